The molecule has 0 aromatic heterocycles. The van der Waals surface area contributed by atoms with Gasteiger partial charge in [-0.05, 0) is 31.9 Å². The average Bonchev–Trinajstić information content (AvgIpc) is 2.37. The number of thioether (sulfide) groups is 1. The monoisotopic (exact) mass is 281 g/mol. The SMILES string of the molecule is CC(CCCC(=O)O)NC(=O)CSc1ccccc1. The van der Waals surface area contributed by atoms with Gasteiger partial charge in [0.05, 0.1) is 5.75 Å². The van der Waals surface area contributed by atoms with E-state index in [1.807, 2.05) is 37.3 Å². The van der Waals surface area contributed by atoms with E-state index < -0.39 is 5.97 Å². The van der Waals surface area contributed by atoms with E-state index in [4.69, 9.17) is 5.11 Å². The minimum absolute atomic E-state index is 0.0169. The van der Waals surface area contributed by atoms with Crippen LogP contribution in [0.3, 0.4) is 0 Å². The summed E-state index contributed by atoms with van der Waals surface area (Å²) in [5, 5.41) is 11.4. The van der Waals surface area contributed by atoms with Crippen molar-refractivity contribution < 1.29 is 14.7 Å². The highest BCUT2D eigenvalue weighted by molar-refractivity contribution is 8.00. The van der Waals surface area contributed by atoms with Crippen LogP contribution in [0, 0.1) is 0 Å². The van der Waals surface area contributed by atoms with E-state index in [1.54, 1.807) is 0 Å². The summed E-state index contributed by atoms with van der Waals surface area (Å²) in [7, 11) is 0. The molecule has 0 saturated carbocycles. The number of carboxylic acid groups (broad SMARTS) is 1. The normalized spacial score (nSPS) is 11.8. The molecule has 104 valence electrons. The van der Waals surface area contributed by atoms with Gasteiger partial charge in [-0.3, -0.25) is 9.59 Å². The molecule has 0 radical (unpaired) electrons. The minimum atomic E-state index is -0.793. The van der Waals surface area contributed by atoms with Crippen LogP contribution in [0.15, 0.2) is 35.2 Å². The molecule has 2 N–H and O–H groups in total. The second-order valence-corrected chi connectivity index (χ2v) is 5.41. The number of rotatable bonds is 8. The maximum atomic E-state index is 11.7. The third kappa shape index (κ3) is 7.51. The van der Waals surface area contributed by atoms with Gasteiger partial charge in [0, 0.05) is 17.4 Å². The minimum Gasteiger partial charge on any atom is -0.481 e. The van der Waals surface area contributed by atoms with Crippen molar-refractivity contribution in [2.45, 2.75) is 37.1 Å². The van der Waals surface area contributed by atoms with Crippen molar-refractivity contribution in [3.63, 3.8) is 0 Å². The Hall–Kier alpha value is -1.49. The van der Waals surface area contributed by atoms with Crippen molar-refractivity contribution in [3.8, 4) is 0 Å². The quantitative estimate of drug-likeness (QED) is 0.719. The molecule has 19 heavy (non-hydrogen) atoms. The Morgan fingerprint density at radius 2 is 2.00 bits per heavy atom. The lowest BCUT2D eigenvalue weighted by Crippen LogP contribution is -2.33. The molecule has 0 bridgehead atoms. The predicted molar refractivity (Wildman–Crippen MR) is 76.3 cm³/mol. The summed E-state index contributed by atoms with van der Waals surface area (Å²) in [6.45, 7) is 1.90. The van der Waals surface area contributed by atoms with Gasteiger partial charge in [-0.1, -0.05) is 18.2 Å². The summed E-state index contributed by atoms with van der Waals surface area (Å²) in [6, 6.07) is 9.77. The number of carbonyl (C=O) groups is 2. The van der Waals surface area contributed by atoms with E-state index in [2.05, 4.69) is 5.32 Å². The highest BCUT2D eigenvalue weighted by atomic mass is 32.2. The zero-order valence-corrected chi connectivity index (χ0v) is 11.8. The number of carbonyl (C=O) groups excluding carboxylic acids is 1. The molecule has 1 amide bonds. The molecular weight excluding hydrogens is 262 g/mol. The molecule has 0 saturated heterocycles. The fourth-order valence-electron chi connectivity index (χ4n) is 1.61. The second kappa shape index (κ2) is 8.58. The first-order chi connectivity index (χ1) is 9.08. The summed E-state index contributed by atoms with van der Waals surface area (Å²) in [5.74, 6) is -0.428. The third-order valence-corrected chi connectivity index (χ3v) is 3.56. The van der Waals surface area contributed by atoms with Gasteiger partial charge in [0.15, 0.2) is 0 Å². The predicted octanol–water partition coefficient (Wildman–Crippen LogP) is 2.54. The Morgan fingerprint density at radius 1 is 1.32 bits per heavy atom. The van der Waals surface area contributed by atoms with Crippen LogP contribution in [0.1, 0.15) is 26.2 Å². The fraction of sp³-hybridized carbons (Fsp3) is 0.429. The van der Waals surface area contributed by atoms with Crippen LogP contribution in [0.4, 0.5) is 0 Å². The van der Waals surface area contributed by atoms with Crippen molar-refractivity contribution in [2.75, 3.05) is 5.75 Å². The van der Waals surface area contributed by atoms with Gasteiger partial charge in [0.2, 0.25) is 5.91 Å². The van der Waals surface area contributed by atoms with Crippen molar-refractivity contribution in [2.24, 2.45) is 0 Å². The zero-order valence-electron chi connectivity index (χ0n) is 11.0. The molecule has 4 nitrogen and oxygen atoms in total. The van der Waals surface area contributed by atoms with Crippen LogP contribution in [0.25, 0.3) is 0 Å². The van der Waals surface area contributed by atoms with Crippen LogP contribution in [0.2, 0.25) is 0 Å². The molecule has 1 aromatic rings. The van der Waals surface area contributed by atoms with Crippen molar-refractivity contribution in [1.29, 1.82) is 0 Å². The maximum absolute atomic E-state index is 11.7. The second-order valence-electron chi connectivity index (χ2n) is 4.36. The lowest BCUT2D eigenvalue weighted by atomic mass is 10.1. The van der Waals surface area contributed by atoms with Crippen molar-refractivity contribution in [1.82, 2.24) is 5.32 Å². The van der Waals surface area contributed by atoms with E-state index in [9.17, 15) is 9.59 Å². The van der Waals surface area contributed by atoms with Gasteiger partial charge in [0.25, 0.3) is 0 Å². The molecule has 0 aliphatic rings. The average molecular weight is 281 g/mol. The van der Waals surface area contributed by atoms with E-state index in [0.29, 0.717) is 18.6 Å². The van der Waals surface area contributed by atoms with Crippen LogP contribution in [-0.4, -0.2) is 28.8 Å². The number of benzene rings is 1. The zero-order chi connectivity index (χ0) is 14.1. The molecule has 0 spiro atoms. The lowest BCUT2D eigenvalue weighted by molar-refractivity contribution is -0.137. The molecule has 0 fully saturated rings. The number of carboxylic acids is 1. The first kappa shape index (κ1) is 15.6. The summed E-state index contributed by atoms with van der Waals surface area (Å²) < 4.78 is 0. The van der Waals surface area contributed by atoms with Crippen LogP contribution in [0.5, 0.6) is 0 Å². The van der Waals surface area contributed by atoms with Gasteiger partial charge in [0.1, 0.15) is 0 Å². The van der Waals surface area contributed by atoms with Crippen molar-refractivity contribution in [3.05, 3.63) is 30.3 Å². The van der Waals surface area contributed by atoms with Gasteiger partial charge in [-0.25, -0.2) is 0 Å². The standard InChI is InChI=1S/C14H19NO3S/c1-11(6-5-9-14(17)18)15-13(16)10-19-12-7-3-2-4-8-12/h2-4,7-8,11H,5-6,9-10H2,1H3,(H,15,16)(H,17,18). The first-order valence-corrected chi connectivity index (χ1v) is 7.25. The first-order valence-electron chi connectivity index (χ1n) is 6.27. The largest absolute Gasteiger partial charge is 0.481 e. The van der Waals surface area contributed by atoms with Gasteiger partial charge in [-0.2, -0.15) is 0 Å². The summed E-state index contributed by atoms with van der Waals surface area (Å²) in [4.78, 5) is 23.1. The third-order valence-electron chi connectivity index (χ3n) is 2.55. The molecule has 1 atom stereocenters. The van der Waals surface area contributed by atoms with E-state index >= 15 is 0 Å². The molecule has 5 heteroatoms. The molecule has 0 aliphatic heterocycles. The molecule has 0 heterocycles. The van der Waals surface area contributed by atoms with Gasteiger partial charge < -0.3 is 10.4 Å². The highest BCUT2D eigenvalue weighted by Crippen LogP contribution is 2.16. The van der Waals surface area contributed by atoms with E-state index in [-0.39, 0.29) is 18.4 Å². The number of amides is 1. The Bertz CT molecular complexity index is 408. The molecule has 1 unspecified atom stereocenters. The van der Waals surface area contributed by atoms with Gasteiger partial charge in [-0.15, -0.1) is 11.8 Å². The topological polar surface area (TPSA) is 66.4 Å². The molecule has 1 rings (SSSR count). The fourth-order valence-corrected chi connectivity index (χ4v) is 2.34. The highest BCUT2D eigenvalue weighted by Gasteiger charge is 2.08. The van der Waals surface area contributed by atoms with E-state index in [0.717, 1.165) is 4.90 Å². The summed E-state index contributed by atoms with van der Waals surface area (Å²) in [5.41, 5.74) is 0. The van der Waals surface area contributed by atoms with Crippen molar-refractivity contribution >= 4 is 23.6 Å². The lowest BCUT2D eigenvalue weighted by Gasteiger charge is -2.13. The summed E-state index contributed by atoms with van der Waals surface area (Å²) in [6.07, 6.45) is 1.43. The number of nitrogens with one attached hydrogen (secondary N) is 1. The van der Waals surface area contributed by atoms with Crippen LogP contribution >= 0.6 is 11.8 Å². The summed E-state index contributed by atoms with van der Waals surface area (Å²) >= 11 is 1.49. The maximum Gasteiger partial charge on any atom is 0.303 e. The van der Waals surface area contributed by atoms with Crippen LogP contribution in [-0.2, 0) is 9.59 Å². The number of hydrogen-bond donors (Lipinski definition) is 2. The molecule has 1 aromatic carbocycles. The smallest absolute Gasteiger partial charge is 0.303 e. The number of hydrogen-bond acceptors (Lipinski definition) is 3. The Kier molecular flexibility index (Phi) is 7.03. The molecule has 0 aliphatic carbocycles. The Labute approximate surface area is 117 Å². The van der Waals surface area contributed by atoms with Gasteiger partial charge >= 0.3 is 5.97 Å². The molecular formula is C14H19NO3S. The Morgan fingerprint density at radius 3 is 2.63 bits per heavy atom. The van der Waals surface area contributed by atoms with Crippen LogP contribution < -0.4 is 5.32 Å². The number of aliphatic carboxylic acids is 1. The van der Waals surface area contributed by atoms with E-state index in [1.165, 1.54) is 11.8 Å². The Balaban J connectivity index is 2.18.